The summed E-state index contributed by atoms with van der Waals surface area (Å²) in [5, 5.41) is 20.2. The molecule has 1 heterocycles. The normalized spacial score (nSPS) is 11.7. The summed E-state index contributed by atoms with van der Waals surface area (Å²) in [6, 6.07) is 0. The van der Waals surface area contributed by atoms with Gasteiger partial charge >= 0.3 is 0 Å². The number of nitrogens with two attached hydrogens (primary N) is 1. The number of aryl methyl sites for hydroxylation is 1. The molecule has 0 unspecified atom stereocenters. The number of aromatic nitrogens is 2. The van der Waals surface area contributed by atoms with Gasteiger partial charge in [-0.25, -0.2) is 0 Å². The van der Waals surface area contributed by atoms with Crippen molar-refractivity contribution in [2.75, 3.05) is 19.8 Å². The minimum Gasteiger partial charge on any atom is -0.474 e. The molecule has 7 heteroatoms. The fourth-order valence-electron chi connectivity index (χ4n) is 1.91. The Labute approximate surface area is 118 Å². The molecule has 7 nitrogen and oxygen atoms in total. The van der Waals surface area contributed by atoms with Crippen LogP contribution in [0.3, 0.4) is 0 Å². The Morgan fingerprint density at radius 3 is 2.50 bits per heavy atom. The molecule has 1 aromatic heterocycles. The van der Waals surface area contributed by atoms with Crippen LogP contribution in [-0.4, -0.2) is 41.1 Å². The van der Waals surface area contributed by atoms with Crippen LogP contribution in [0.4, 0.5) is 0 Å². The van der Waals surface area contributed by atoms with Crippen molar-refractivity contribution < 1.29 is 14.7 Å². The van der Waals surface area contributed by atoms with Crippen molar-refractivity contribution in [2.24, 2.45) is 10.9 Å². The van der Waals surface area contributed by atoms with E-state index < -0.39 is 0 Å². The SMILES string of the molecule is CCOCCOc1nnc(CC)c(CC)c1C(N)=NO. The molecule has 20 heavy (non-hydrogen) atoms. The lowest BCUT2D eigenvalue weighted by Gasteiger charge is -2.14. The molecular weight excluding hydrogens is 260 g/mol. The van der Waals surface area contributed by atoms with Crippen LogP contribution in [0.5, 0.6) is 5.88 Å². The number of rotatable bonds is 8. The summed E-state index contributed by atoms with van der Waals surface area (Å²) in [5.74, 6) is 0.256. The van der Waals surface area contributed by atoms with Crippen molar-refractivity contribution >= 4 is 5.84 Å². The maximum atomic E-state index is 8.94. The van der Waals surface area contributed by atoms with E-state index in [1.165, 1.54) is 0 Å². The molecule has 3 N–H and O–H groups in total. The van der Waals surface area contributed by atoms with Crippen molar-refractivity contribution in [1.29, 1.82) is 0 Å². The largest absolute Gasteiger partial charge is 0.474 e. The van der Waals surface area contributed by atoms with Gasteiger partial charge in [0.25, 0.3) is 0 Å². The molecule has 0 atom stereocenters. The number of hydrogen-bond acceptors (Lipinski definition) is 6. The first-order valence-corrected chi connectivity index (χ1v) is 6.76. The topological polar surface area (TPSA) is 103 Å². The van der Waals surface area contributed by atoms with E-state index in [1.807, 2.05) is 20.8 Å². The Morgan fingerprint density at radius 1 is 1.20 bits per heavy atom. The van der Waals surface area contributed by atoms with Gasteiger partial charge in [-0.3, -0.25) is 0 Å². The van der Waals surface area contributed by atoms with Crippen LogP contribution in [0.15, 0.2) is 5.16 Å². The number of nitrogens with zero attached hydrogens (tertiary/aromatic N) is 3. The molecule has 0 saturated carbocycles. The van der Waals surface area contributed by atoms with Gasteiger partial charge in [-0.2, -0.15) is 5.10 Å². The standard InChI is InChI=1S/C13H22N4O3/c1-4-9-10(5-2)15-16-13(11(9)12(14)17-18)20-8-7-19-6-3/h18H,4-8H2,1-3H3,(H2,14,17). The second-order valence-electron chi connectivity index (χ2n) is 4.04. The van der Waals surface area contributed by atoms with Gasteiger partial charge in [-0.1, -0.05) is 19.0 Å². The monoisotopic (exact) mass is 282 g/mol. The van der Waals surface area contributed by atoms with Gasteiger partial charge in [0.05, 0.1) is 17.9 Å². The quantitative estimate of drug-likeness (QED) is 0.243. The highest BCUT2D eigenvalue weighted by Crippen LogP contribution is 2.22. The zero-order valence-electron chi connectivity index (χ0n) is 12.2. The third-order valence-electron chi connectivity index (χ3n) is 2.85. The molecule has 1 rings (SSSR count). The maximum Gasteiger partial charge on any atom is 0.245 e. The predicted molar refractivity (Wildman–Crippen MR) is 75.3 cm³/mol. The number of oxime groups is 1. The highest BCUT2D eigenvalue weighted by Gasteiger charge is 2.19. The molecule has 0 spiro atoms. The summed E-state index contributed by atoms with van der Waals surface area (Å²) in [5.41, 5.74) is 7.98. The third-order valence-corrected chi connectivity index (χ3v) is 2.85. The van der Waals surface area contributed by atoms with Crippen molar-refractivity contribution in [3.63, 3.8) is 0 Å². The summed E-state index contributed by atoms with van der Waals surface area (Å²) in [4.78, 5) is 0. The van der Waals surface area contributed by atoms with Crippen molar-refractivity contribution in [3.8, 4) is 5.88 Å². The first-order chi connectivity index (χ1) is 9.69. The maximum absolute atomic E-state index is 8.94. The molecule has 0 aliphatic heterocycles. The Morgan fingerprint density at radius 2 is 1.95 bits per heavy atom. The average molecular weight is 282 g/mol. The first kappa shape index (κ1) is 16.2. The average Bonchev–Trinajstić information content (AvgIpc) is 2.49. The Balaban J connectivity index is 3.09. The van der Waals surface area contributed by atoms with E-state index in [-0.39, 0.29) is 11.7 Å². The Kier molecular flexibility index (Phi) is 6.72. The predicted octanol–water partition coefficient (Wildman–Crippen LogP) is 1.11. The molecule has 0 aliphatic rings. The van der Waals surface area contributed by atoms with Gasteiger partial charge in [0.1, 0.15) is 6.61 Å². The minimum atomic E-state index is -0.0159. The Hall–Kier alpha value is -1.89. The molecule has 0 saturated heterocycles. The van der Waals surface area contributed by atoms with Crippen molar-refractivity contribution in [3.05, 3.63) is 16.8 Å². The fraction of sp³-hybridized carbons (Fsp3) is 0.615. The van der Waals surface area contributed by atoms with Crippen LogP contribution >= 0.6 is 0 Å². The molecule has 0 radical (unpaired) electrons. The van der Waals surface area contributed by atoms with Crippen molar-refractivity contribution in [2.45, 2.75) is 33.6 Å². The summed E-state index contributed by atoms with van der Waals surface area (Å²) in [6.45, 7) is 7.28. The number of hydrogen-bond donors (Lipinski definition) is 2. The number of ether oxygens (including phenoxy) is 2. The van der Waals surface area contributed by atoms with E-state index in [2.05, 4.69) is 15.4 Å². The van der Waals surface area contributed by atoms with Gasteiger partial charge in [0.15, 0.2) is 5.84 Å². The van der Waals surface area contributed by atoms with E-state index in [0.717, 1.165) is 17.7 Å². The van der Waals surface area contributed by atoms with Crippen LogP contribution in [0.1, 0.15) is 37.6 Å². The lowest BCUT2D eigenvalue weighted by atomic mass is 10.0. The van der Waals surface area contributed by atoms with E-state index in [9.17, 15) is 0 Å². The molecular formula is C13H22N4O3. The zero-order valence-corrected chi connectivity index (χ0v) is 12.2. The first-order valence-electron chi connectivity index (χ1n) is 6.76. The van der Waals surface area contributed by atoms with Crippen LogP contribution in [0.2, 0.25) is 0 Å². The van der Waals surface area contributed by atoms with Crippen molar-refractivity contribution in [1.82, 2.24) is 10.2 Å². The van der Waals surface area contributed by atoms with E-state index in [4.69, 9.17) is 20.4 Å². The number of amidine groups is 1. The van der Waals surface area contributed by atoms with Gasteiger partial charge in [-0.05, 0) is 25.3 Å². The highest BCUT2D eigenvalue weighted by atomic mass is 16.5. The van der Waals surface area contributed by atoms with Crippen LogP contribution in [0, 0.1) is 0 Å². The van der Waals surface area contributed by atoms with Gasteiger partial charge in [-0.15, -0.1) is 5.10 Å². The lowest BCUT2D eigenvalue weighted by molar-refractivity contribution is 0.108. The van der Waals surface area contributed by atoms with E-state index >= 15 is 0 Å². The molecule has 0 aromatic carbocycles. The fourth-order valence-corrected chi connectivity index (χ4v) is 1.91. The second kappa shape index (κ2) is 8.31. The third kappa shape index (κ3) is 3.80. The van der Waals surface area contributed by atoms with Crippen LogP contribution in [-0.2, 0) is 17.6 Å². The molecule has 112 valence electrons. The lowest BCUT2D eigenvalue weighted by Crippen LogP contribution is -2.21. The van der Waals surface area contributed by atoms with Crippen LogP contribution < -0.4 is 10.5 Å². The second-order valence-corrected chi connectivity index (χ2v) is 4.04. The van der Waals surface area contributed by atoms with E-state index in [0.29, 0.717) is 31.8 Å². The molecule has 0 aliphatic carbocycles. The summed E-state index contributed by atoms with van der Waals surface area (Å²) < 4.78 is 10.7. The zero-order chi connectivity index (χ0) is 15.0. The molecule has 0 fully saturated rings. The molecule has 0 bridgehead atoms. The highest BCUT2D eigenvalue weighted by molar-refractivity contribution is 6.00. The van der Waals surface area contributed by atoms with E-state index in [1.54, 1.807) is 0 Å². The van der Waals surface area contributed by atoms with Gasteiger partial charge < -0.3 is 20.4 Å². The van der Waals surface area contributed by atoms with Crippen LogP contribution in [0.25, 0.3) is 0 Å². The van der Waals surface area contributed by atoms with Gasteiger partial charge in [0.2, 0.25) is 5.88 Å². The summed E-state index contributed by atoms with van der Waals surface area (Å²) in [6.07, 6.45) is 1.42. The Bertz CT molecular complexity index is 463. The molecule has 0 amide bonds. The smallest absolute Gasteiger partial charge is 0.245 e. The van der Waals surface area contributed by atoms with Gasteiger partial charge in [0, 0.05) is 6.61 Å². The summed E-state index contributed by atoms with van der Waals surface area (Å²) in [7, 11) is 0. The minimum absolute atomic E-state index is 0.0159. The molecule has 1 aromatic rings. The summed E-state index contributed by atoms with van der Waals surface area (Å²) >= 11 is 0.